The first-order chi connectivity index (χ1) is 4.83. The van der Waals surface area contributed by atoms with Crippen LogP contribution in [-0.2, 0) is 0 Å². The van der Waals surface area contributed by atoms with Gasteiger partial charge in [-0.05, 0) is 0 Å². The lowest BCUT2D eigenvalue weighted by atomic mass is 10.3. The molecule has 0 spiro atoms. The predicted molar refractivity (Wildman–Crippen MR) is 54.0 cm³/mol. The topological polar surface area (TPSA) is 31.5 Å². The van der Waals surface area contributed by atoms with E-state index in [9.17, 15) is 0 Å². The first-order valence-electron chi connectivity index (χ1n) is 4.83. The van der Waals surface area contributed by atoms with E-state index in [1.54, 1.807) is 0 Å². The van der Waals surface area contributed by atoms with Crippen LogP contribution >= 0.6 is 0 Å². The Morgan fingerprint density at radius 1 is 0.545 bits per heavy atom. The standard InChI is InChI=1S/2C5H12.H2O/c2*1-3-5-4-2;/h2*3-5H2,1-2H3;1H2. The van der Waals surface area contributed by atoms with E-state index in [0.29, 0.717) is 0 Å². The van der Waals surface area contributed by atoms with Crippen LogP contribution in [0, 0.1) is 0 Å². The van der Waals surface area contributed by atoms with Crippen LogP contribution in [0.4, 0.5) is 0 Å². The lowest BCUT2D eigenvalue weighted by Gasteiger charge is -1.79. The molecule has 11 heavy (non-hydrogen) atoms. The summed E-state index contributed by atoms with van der Waals surface area (Å²) in [4.78, 5) is 0. The van der Waals surface area contributed by atoms with Crippen molar-refractivity contribution in [2.24, 2.45) is 0 Å². The third-order valence-corrected chi connectivity index (χ3v) is 1.41. The molecule has 0 radical (unpaired) electrons. The molecule has 0 aromatic carbocycles. The monoisotopic (exact) mass is 162 g/mol. The van der Waals surface area contributed by atoms with Gasteiger partial charge in [-0.25, -0.2) is 0 Å². The Labute approximate surface area is 72.5 Å². The quantitative estimate of drug-likeness (QED) is 0.605. The maximum Gasteiger partial charge on any atom is -0.0538 e. The maximum absolute atomic E-state index is 2.21. The van der Waals surface area contributed by atoms with Crippen LogP contribution in [0.3, 0.4) is 0 Å². The molecule has 0 rings (SSSR count). The fraction of sp³-hybridized carbons (Fsp3) is 1.00. The maximum atomic E-state index is 2.21. The van der Waals surface area contributed by atoms with Gasteiger partial charge in [0.2, 0.25) is 0 Å². The molecule has 0 heterocycles. The summed E-state index contributed by atoms with van der Waals surface area (Å²) in [5.74, 6) is 0. The molecule has 0 aromatic rings. The molecular weight excluding hydrogens is 136 g/mol. The van der Waals surface area contributed by atoms with Crippen LogP contribution in [0.25, 0.3) is 0 Å². The van der Waals surface area contributed by atoms with Crippen molar-refractivity contribution in [3.05, 3.63) is 0 Å². The first-order valence-corrected chi connectivity index (χ1v) is 4.83. The van der Waals surface area contributed by atoms with Crippen LogP contribution < -0.4 is 0 Å². The van der Waals surface area contributed by atoms with E-state index < -0.39 is 0 Å². The molecule has 1 heteroatoms. The Balaban J connectivity index is -0.000000107. The molecule has 0 unspecified atom stereocenters. The Hall–Kier alpha value is -0.0400. The van der Waals surface area contributed by atoms with Crippen molar-refractivity contribution in [3.63, 3.8) is 0 Å². The summed E-state index contributed by atoms with van der Waals surface area (Å²) in [5, 5.41) is 0. The average molecular weight is 162 g/mol. The molecule has 2 N–H and O–H groups in total. The van der Waals surface area contributed by atoms with Gasteiger partial charge in [-0.2, -0.15) is 0 Å². The number of unbranched alkanes of at least 4 members (excludes halogenated alkanes) is 4. The zero-order valence-corrected chi connectivity index (χ0v) is 8.74. The fourth-order valence-electron chi connectivity index (χ4n) is 0.707. The molecular formula is C10H26O. The van der Waals surface area contributed by atoms with Crippen molar-refractivity contribution in [2.45, 2.75) is 66.2 Å². The summed E-state index contributed by atoms with van der Waals surface area (Å²) in [7, 11) is 0. The summed E-state index contributed by atoms with van der Waals surface area (Å²) < 4.78 is 0. The molecule has 72 valence electrons. The second kappa shape index (κ2) is 22.5. The Morgan fingerprint density at radius 3 is 0.727 bits per heavy atom. The molecule has 0 saturated heterocycles. The van der Waals surface area contributed by atoms with Gasteiger partial charge in [-0.1, -0.05) is 66.2 Å². The normalized spacial score (nSPS) is 7.64. The number of hydrogen-bond donors (Lipinski definition) is 0. The smallest absolute Gasteiger partial charge is 0.0538 e. The van der Waals surface area contributed by atoms with E-state index in [2.05, 4.69) is 27.7 Å². The molecule has 0 aromatic heterocycles. The summed E-state index contributed by atoms with van der Waals surface area (Å²) in [6.07, 6.45) is 8.15. The van der Waals surface area contributed by atoms with Crippen LogP contribution in [0.15, 0.2) is 0 Å². The largest absolute Gasteiger partial charge is 0.412 e. The van der Waals surface area contributed by atoms with Gasteiger partial charge in [0.05, 0.1) is 0 Å². The van der Waals surface area contributed by atoms with Crippen LogP contribution in [0.1, 0.15) is 66.2 Å². The molecule has 0 aliphatic carbocycles. The first kappa shape index (κ1) is 17.2. The second-order valence-corrected chi connectivity index (χ2v) is 2.71. The van der Waals surface area contributed by atoms with Crippen molar-refractivity contribution in [3.8, 4) is 0 Å². The van der Waals surface area contributed by atoms with Crippen molar-refractivity contribution in [2.75, 3.05) is 0 Å². The minimum atomic E-state index is 0. The van der Waals surface area contributed by atoms with E-state index in [0.717, 1.165) is 0 Å². The third kappa shape index (κ3) is 40.2. The average Bonchev–Trinajstić information content (AvgIpc) is 1.93. The van der Waals surface area contributed by atoms with E-state index >= 15 is 0 Å². The van der Waals surface area contributed by atoms with Crippen molar-refractivity contribution < 1.29 is 5.48 Å². The van der Waals surface area contributed by atoms with E-state index in [4.69, 9.17) is 0 Å². The Kier molecular flexibility index (Phi) is 35.1. The highest BCUT2D eigenvalue weighted by molar-refractivity contribution is 4.24. The van der Waals surface area contributed by atoms with Gasteiger partial charge in [0.15, 0.2) is 0 Å². The Morgan fingerprint density at radius 2 is 0.727 bits per heavy atom. The fourth-order valence-corrected chi connectivity index (χ4v) is 0.707. The second-order valence-electron chi connectivity index (χ2n) is 2.71. The summed E-state index contributed by atoms with van der Waals surface area (Å²) in [6, 6.07) is 0. The molecule has 0 atom stereocenters. The molecule has 0 fully saturated rings. The van der Waals surface area contributed by atoms with Gasteiger partial charge in [0, 0.05) is 0 Å². The van der Waals surface area contributed by atoms with E-state index in [1.807, 2.05) is 0 Å². The van der Waals surface area contributed by atoms with Gasteiger partial charge < -0.3 is 5.48 Å². The molecule has 0 aliphatic rings. The van der Waals surface area contributed by atoms with Crippen LogP contribution in [0.2, 0.25) is 0 Å². The van der Waals surface area contributed by atoms with E-state index in [-0.39, 0.29) is 5.48 Å². The summed E-state index contributed by atoms with van der Waals surface area (Å²) >= 11 is 0. The van der Waals surface area contributed by atoms with Gasteiger partial charge in [-0.15, -0.1) is 0 Å². The zero-order chi connectivity index (χ0) is 8.24. The number of rotatable bonds is 4. The summed E-state index contributed by atoms with van der Waals surface area (Å²) in [5.41, 5.74) is 0. The van der Waals surface area contributed by atoms with Crippen molar-refractivity contribution in [1.82, 2.24) is 0 Å². The van der Waals surface area contributed by atoms with Crippen molar-refractivity contribution in [1.29, 1.82) is 0 Å². The zero-order valence-electron chi connectivity index (χ0n) is 8.74. The minimum Gasteiger partial charge on any atom is -0.412 e. The van der Waals surface area contributed by atoms with Gasteiger partial charge in [0.1, 0.15) is 0 Å². The molecule has 0 saturated carbocycles. The molecule has 0 aliphatic heterocycles. The molecule has 1 nitrogen and oxygen atoms in total. The number of hydrogen-bond acceptors (Lipinski definition) is 0. The highest BCUT2D eigenvalue weighted by Gasteiger charge is 1.68. The van der Waals surface area contributed by atoms with Gasteiger partial charge >= 0.3 is 0 Å². The Bertz CT molecular complexity index is 25.9. The predicted octanol–water partition coefficient (Wildman–Crippen LogP) is 3.57. The van der Waals surface area contributed by atoms with Gasteiger partial charge in [-0.3, -0.25) is 0 Å². The molecule has 0 bridgehead atoms. The van der Waals surface area contributed by atoms with Crippen molar-refractivity contribution >= 4 is 0 Å². The van der Waals surface area contributed by atoms with Gasteiger partial charge in [0.25, 0.3) is 0 Å². The lowest BCUT2D eigenvalue weighted by Crippen LogP contribution is -1.59. The highest BCUT2D eigenvalue weighted by Crippen LogP contribution is 1.88. The third-order valence-electron chi connectivity index (χ3n) is 1.41. The van der Waals surface area contributed by atoms with E-state index in [1.165, 1.54) is 38.5 Å². The highest BCUT2D eigenvalue weighted by atomic mass is 16.0. The summed E-state index contributed by atoms with van der Waals surface area (Å²) in [6.45, 7) is 8.85. The lowest BCUT2D eigenvalue weighted by molar-refractivity contribution is 0.772. The SMILES string of the molecule is CCCCC.CCCCC.O. The van der Waals surface area contributed by atoms with Crippen LogP contribution in [0.5, 0.6) is 0 Å². The molecule has 0 amide bonds. The van der Waals surface area contributed by atoms with Crippen LogP contribution in [-0.4, -0.2) is 5.48 Å². The minimum absolute atomic E-state index is 0.